The lowest BCUT2D eigenvalue weighted by atomic mass is 9.99. The molecule has 0 aliphatic carbocycles. The zero-order valence-electron chi connectivity index (χ0n) is 25.5. The summed E-state index contributed by atoms with van der Waals surface area (Å²) >= 11 is 0. The van der Waals surface area contributed by atoms with Crippen LogP contribution in [0.3, 0.4) is 0 Å². The molecule has 4 aromatic rings. The van der Waals surface area contributed by atoms with Crippen LogP contribution in [0.5, 0.6) is 11.5 Å². The van der Waals surface area contributed by atoms with Crippen LogP contribution in [0.4, 0.5) is 15.3 Å². The van der Waals surface area contributed by atoms with Gasteiger partial charge in [-0.25, -0.2) is 9.59 Å². The van der Waals surface area contributed by atoms with Crippen LogP contribution in [0.25, 0.3) is 0 Å². The first-order valence-corrected chi connectivity index (χ1v) is 15.1. The summed E-state index contributed by atoms with van der Waals surface area (Å²) in [6.07, 6.45) is 3.96. The second-order valence-electron chi connectivity index (χ2n) is 11.1. The standard InChI is InChI=1S/C36H42N4O4/c1-25-5-7-29(22-31(25)24-39-35(43)38-21-19-28-13-17-33(42)18-14-28)9-10-30-8-6-26(2)34(23-30)40-36(44)37-20-3-4-27-11-15-32(41)16-12-27/h5-8,11-18,22-23,41-42H,3-4,9-10,19-21,24H2,1-2H3,(H2,37,40,44)(H2,38,39,43). The van der Waals surface area contributed by atoms with Gasteiger partial charge in [0.2, 0.25) is 0 Å². The van der Waals surface area contributed by atoms with E-state index in [0.717, 1.165) is 64.8 Å². The summed E-state index contributed by atoms with van der Waals surface area (Å²) in [4.78, 5) is 24.9. The number of carbonyl (C=O) groups excluding carboxylic acids is 2. The molecular formula is C36H42N4O4. The number of aryl methyl sites for hydroxylation is 5. The van der Waals surface area contributed by atoms with Crippen molar-refractivity contribution in [3.8, 4) is 11.5 Å². The summed E-state index contributed by atoms with van der Waals surface area (Å²) in [6, 6.07) is 26.2. The zero-order chi connectivity index (χ0) is 31.3. The van der Waals surface area contributed by atoms with Gasteiger partial charge in [-0.1, -0.05) is 54.6 Å². The Hall–Kier alpha value is -4.98. The molecule has 44 heavy (non-hydrogen) atoms. The van der Waals surface area contributed by atoms with E-state index in [4.69, 9.17) is 0 Å². The quantitative estimate of drug-likeness (QED) is 0.102. The van der Waals surface area contributed by atoms with Crippen molar-refractivity contribution < 1.29 is 19.8 Å². The zero-order valence-corrected chi connectivity index (χ0v) is 25.5. The van der Waals surface area contributed by atoms with Crippen molar-refractivity contribution in [1.82, 2.24) is 16.0 Å². The van der Waals surface area contributed by atoms with Crippen molar-refractivity contribution in [2.24, 2.45) is 0 Å². The average Bonchev–Trinajstić information content (AvgIpc) is 3.01. The highest BCUT2D eigenvalue weighted by Crippen LogP contribution is 2.20. The molecule has 230 valence electrons. The van der Waals surface area contributed by atoms with Crippen molar-refractivity contribution in [1.29, 1.82) is 0 Å². The van der Waals surface area contributed by atoms with Crippen molar-refractivity contribution in [2.75, 3.05) is 18.4 Å². The summed E-state index contributed by atoms with van der Waals surface area (Å²) in [5.41, 5.74) is 8.47. The van der Waals surface area contributed by atoms with Gasteiger partial charge in [0.15, 0.2) is 0 Å². The molecule has 0 bridgehead atoms. The topological polar surface area (TPSA) is 123 Å². The molecule has 4 aromatic carbocycles. The van der Waals surface area contributed by atoms with Gasteiger partial charge in [0.05, 0.1) is 0 Å². The summed E-state index contributed by atoms with van der Waals surface area (Å²) in [5.74, 6) is 0.481. The highest BCUT2D eigenvalue weighted by atomic mass is 16.3. The van der Waals surface area contributed by atoms with E-state index >= 15 is 0 Å². The van der Waals surface area contributed by atoms with Gasteiger partial charge in [-0.05, 0) is 115 Å². The summed E-state index contributed by atoms with van der Waals surface area (Å²) in [5, 5.41) is 30.5. The number of aromatic hydroxyl groups is 2. The Balaban J connectivity index is 1.21. The first kappa shape index (κ1) is 31.9. The van der Waals surface area contributed by atoms with Crippen LogP contribution in [-0.2, 0) is 32.2 Å². The van der Waals surface area contributed by atoms with E-state index in [0.29, 0.717) is 26.1 Å². The normalized spacial score (nSPS) is 10.7. The predicted octanol–water partition coefficient (Wildman–Crippen LogP) is 6.30. The van der Waals surface area contributed by atoms with Gasteiger partial charge in [-0.15, -0.1) is 0 Å². The Labute approximate surface area is 259 Å². The van der Waals surface area contributed by atoms with E-state index < -0.39 is 0 Å². The number of phenols is 2. The second-order valence-corrected chi connectivity index (χ2v) is 11.1. The van der Waals surface area contributed by atoms with Crippen molar-refractivity contribution in [2.45, 2.75) is 52.5 Å². The first-order chi connectivity index (χ1) is 21.2. The fraction of sp³-hybridized carbons (Fsp3) is 0.278. The number of amides is 4. The van der Waals surface area contributed by atoms with Crippen LogP contribution in [-0.4, -0.2) is 35.4 Å². The molecule has 4 amide bonds. The van der Waals surface area contributed by atoms with Gasteiger partial charge in [-0.3, -0.25) is 0 Å². The van der Waals surface area contributed by atoms with Crippen LogP contribution in [0.2, 0.25) is 0 Å². The van der Waals surface area contributed by atoms with Crippen LogP contribution < -0.4 is 21.3 Å². The molecule has 0 radical (unpaired) electrons. The molecule has 4 rings (SSSR count). The highest BCUT2D eigenvalue weighted by Gasteiger charge is 2.08. The molecule has 0 aliphatic heterocycles. The molecule has 0 aliphatic rings. The molecule has 0 fully saturated rings. The maximum atomic E-state index is 12.5. The van der Waals surface area contributed by atoms with Gasteiger partial charge in [0, 0.05) is 25.3 Å². The molecule has 6 N–H and O–H groups in total. The Kier molecular flexibility index (Phi) is 11.6. The Bertz CT molecular complexity index is 1540. The number of hydrogen-bond donors (Lipinski definition) is 6. The fourth-order valence-corrected chi connectivity index (χ4v) is 4.86. The van der Waals surface area contributed by atoms with E-state index in [2.05, 4.69) is 45.5 Å². The summed E-state index contributed by atoms with van der Waals surface area (Å²) < 4.78 is 0. The van der Waals surface area contributed by atoms with Gasteiger partial charge in [0.1, 0.15) is 11.5 Å². The van der Waals surface area contributed by atoms with E-state index in [1.54, 1.807) is 24.3 Å². The smallest absolute Gasteiger partial charge is 0.319 e. The summed E-state index contributed by atoms with van der Waals surface area (Å²) in [7, 11) is 0. The number of hydrogen-bond acceptors (Lipinski definition) is 4. The molecule has 0 aromatic heterocycles. The lowest BCUT2D eigenvalue weighted by Crippen LogP contribution is -2.36. The Morgan fingerprint density at radius 1 is 0.568 bits per heavy atom. The molecule has 0 atom stereocenters. The minimum absolute atomic E-state index is 0.213. The van der Waals surface area contributed by atoms with Crippen molar-refractivity contribution in [3.63, 3.8) is 0 Å². The number of nitrogens with one attached hydrogen (secondary N) is 4. The highest BCUT2D eigenvalue weighted by molar-refractivity contribution is 5.90. The predicted molar refractivity (Wildman–Crippen MR) is 175 cm³/mol. The maximum absolute atomic E-state index is 12.5. The Morgan fingerprint density at radius 3 is 1.77 bits per heavy atom. The summed E-state index contributed by atoms with van der Waals surface area (Å²) in [6.45, 7) is 5.52. The fourth-order valence-electron chi connectivity index (χ4n) is 4.86. The van der Waals surface area contributed by atoms with E-state index in [1.165, 1.54) is 5.56 Å². The molecule has 0 unspecified atom stereocenters. The van der Waals surface area contributed by atoms with Gasteiger partial charge in [-0.2, -0.15) is 0 Å². The first-order valence-electron chi connectivity index (χ1n) is 15.1. The Morgan fingerprint density at radius 2 is 1.11 bits per heavy atom. The third-order valence-electron chi connectivity index (χ3n) is 7.61. The van der Waals surface area contributed by atoms with Crippen LogP contribution in [0.15, 0.2) is 84.9 Å². The minimum atomic E-state index is -0.226. The monoisotopic (exact) mass is 594 g/mol. The second kappa shape index (κ2) is 16.0. The maximum Gasteiger partial charge on any atom is 0.319 e. The number of anilines is 1. The van der Waals surface area contributed by atoms with Crippen molar-refractivity contribution >= 4 is 17.7 Å². The van der Waals surface area contributed by atoms with E-state index in [1.807, 2.05) is 50.2 Å². The average molecular weight is 595 g/mol. The molecule has 0 saturated carbocycles. The third kappa shape index (κ3) is 10.4. The van der Waals surface area contributed by atoms with Crippen molar-refractivity contribution in [3.05, 3.63) is 124 Å². The van der Waals surface area contributed by atoms with Crippen LogP contribution >= 0.6 is 0 Å². The third-order valence-corrected chi connectivity index (χ3v) is 7.61. The molecule has 0 spiro atoms. The molecule has 8 nitrogen and oxygen atoms in total. The van der Waals surface area contributed by atoms with Gasteiger partial charge >= 0.3 is 12.1 Å². The largest absolute Gasteiger partial charge is 0.508 e. The number of phenolic OH excluding ortho intramolecular Hbond substituents is 2. The van der Waals surface area contributed by atoms with Crippen LogP contribution in [0.1, 0.15) is 45.4 Å². The SMILES string of the molecule is Cc1ccc(CCc2ccc(C)c(NC(=O)NCCCc3ccc(O)cc3)c2)cc1CNC(=O)NCCc1ccc(O)cc1. The van der Waals surface area contributed by atoms with E-state index in [-0.39, 0.29) is 23.6 Å². The molecule has 8 heteroatoms. The molecular weight excluding hydrogens is 552 g/mol. The lowest BCUT2D eigenvalue weighted by molar-refractivity contribution is 0.240. The molecule has 0 heterocycles. The van der Waals surface area contributed by atoms with Crippen LogP contribution in [0, 0.1) is 13.8 Å². The van der Waals surface area contributed by atoms with Gasteiger partial charge in [0.25, 0.3) is 0 Å². The number of carbonyl (C=O) groups is 2. The van der Waals surface area contributed by atoms with Gasteiger partial charge < -0.3 is 31.5 Å². The minimum Gasteiger partial charge on any atom is -0.508 e. The number of rotatable bonds is 13. The number of benzene rings is 4. The molecule has 0 saturated heterocycles. The lowest BCUT2D eigenvalue weighted by Gasteiger charge is -2.13. The number of urea groups is 2. The van der Waals surface area contributed by atoms with E-state index in [9.17, 15) is 19.8 Å².